The lowest BCUT2D eigenvalue weighted by Gasteiger charge is -2.25. The summed E-state index contributed by atoms with van der Waals surface area (Å²) >= 11 is 0. The second-order valence-corrected chi connectivity index (χ2v) is 8.02. The van der Waals surface area contributed by atoms with Crippen molar-refractivity contribution in [2.24, 2.45) is 5.10 Å². The van der Waals surface area contributed by atoms with E-state index in [1.807, 2.05) is 0 Å². The van der Waals surface area contributed by atoms with Crippen LogP contribution in [-0.2, 0) is 4.79 Å². The summed E-state index contributed by atoms with van der Waals surface area (Å²) in [5, 5.41) is 8.35. The van der Waals surface area contributed by atoms with Crippen LogP contribution in [0.1, 0.15) is 23.6 Å². The first-order valence-electron chi connectivity index (χ1n) is 10.9. The minimum Gasteiger partial charge on any atom is -0.495 e. The zero-order chi connectivity index (χ0) is 24.9. The van der Waals surface area contributed by atoms with Crippen LogP contribution in [0.25, 0.3) is 0 Å². The summed E-state index contributed by atoms with van der Waals surface area (Å²) < 4.78 is 33.3. The van der Waals surface area contributed by atoms with Gasteiger partial charge in [-0.05, 0) is 35.9 Å². The van der Waals surface area contributed by atoms with Gasteiger partial charge in [0.25, 0.3) is 5.91 Å². The maximum absolute atomic E-state index is 14.6. The molecule has 1 atom stereocenters. The van der Waals surface area contributed by atoms with Crippen molar-refractivity contribution in [3.05, 3.63) is 95.6 Å². The largest absolute Gasteiger partial charge is 0.495 e. The van der Waals surface area contributed by atoms with E-state index in [1.54, 1.807) is 54.6 Å². The summed E-state index contributed by atoms with van der Waals surface area (Å²) in [7, 11) is 2.96. The molecule has 35 heavy (non-hydrogen) atoms. The zero-order valence-corrected chi connectivity index (χ0v) is 19.2. The third-order valence-corrected chi connectivity index (χ3v) is 5.68. The molecular weight excluding hydrogens is 454 g/mol. The lowest BCUT2D eigenvalue weighted by Crippen LogP contribution is -2.41. The predicted octanol–water partition coefficient (Wildman–Crippen LogP) is 4.82. The number of nitrogens with one attached hydrogen (secondary N) is 1. The Morgan fingerprint density at radius 1 is 1.06 bits per heavy atom. The van der Waals surface area contributed by atoms with Gasteiger partial charge in [-0.1, -0.05) is 42.5 Å². The molecule has 0 radical (unpaired) electrons. The molecule has 3 amide bonds. The van der Waals surface area contributed by atoms with E-state index in [1.165, 1.54) is 42.3 Å². The van der Waals surface area contributed by atoms with E-state index in [2.05, 4.69) is 10.4 Å². The Morgan fingerprint density at radius 2 is 1.74 bits per heavy atom. The average molecular weight is 478 g/mol. The number of rotatable bonds is 6. The molecule has 4 rings (SSSR count). The number of likely N-dealkylation sites (N-methyl/N-ethyl adjacent to an activating group) is 1. The van der Waals surface area contributed by atoms with E-state index >= 15 is 0 Å². The fourth-order valence-corrected chi connectivity index (χ4v) is 3.85. The molecular formula is C26H24F2N4O3. The van der Waals surface area contributed by atoms with Gasteiger partial charge in [0.1, 0.15) is 23.9 Å². The van der Waals surface area contributed by atoms with Crippen molar-refractivity contribution < 1.29 is 23.1 Å². The van der Waals surface area contributed by atoms with Crippen LogP contribution in [0.15, 0.2) is 77.9 Å². The number of hydrogen-bond acceptors (Lipinski definition) is 4. The molecule has 0 fully saturated rings. The first-order valence-corrected chi connectivity index (χ1v) is 10.9. The summed E-state index contributed by atoms with van der Waals surface area (Å²) in [5.74, 6) is -0.872. The summed E-state index contributed by atoms with van der Waals surface area (Å²) in [6, 6.07) is 17.6. The number of carbonyl (C=O) groups is 2. The first kappa shape index (κ1) is 23.9. The van der Waals surface area contributed by atoms with E-state index < -0.39 is 29.6 Å². The van der Waals surface area contributed by atoms with Crippen LogP contribution in [0.2, 0.25) is 0 Å². The number of ether oxygens (including phenoxy) is 1. The summed E-state index contributed by atoms with van der Waals surface area (Å²) in [6.07, 6.45) is 0.245. The molecule has 1 aliphatic rings. The maximum Gasteiger partial charge on any atom is 0.322 e. The topological polar surface area (TPSA) is 74.2 Å². The Morgan fingerprint density at radius 3 is 2.46 bits per heavy atom. The third-order valence-electron chi connectivity index (χ3n) is 5.68. The zero-order valence-electron chi connectivity index (χ0n) is 19.2. The first-order chi connectivity index (χ1) is 16.9. The lowest BCUT2D eigenvalue weighted by molar-refractivity contribution is -0.133. The molecule has 0 spiro atoms. The number of nitrogens with zero attached hydrogens (tertiary/aromatic N) is 3. The van der Waals surface area contributed by atoms with Crippen molar-refractivity contribution in [2.75, 3.05) is 26.0 Å². The van der Waals surface area contributed by atoms with E-state index in [0.717, 1.165) is 0 Å². The summed E-state index contributed by atoms with van der Waals surface area (Å²) in [6.45, 7) is -0.299. The fraction of sp³-hybridized carbons (Fsp3) is 0.192. The third kappa shape index (κ3) is 5.29. The molecule has 3 aromatic rings. The molecule has 9 heteroatoms. The van der Waals surface area contributed by atoms with Gasteiger partial charge < -0.3 is 15.0 Å². The van der Waals surface area contributed by atoms with Gasteiger partial charge in [0, 0.05) is 19.0 Å². The van der Waals surface area contributed by atoms with Crippen LogP contribution in [0, 0.1) is 11.6 Å². The predicted molar refractivity (Wildman–Crippen MR) is 128 cm³/mol. The molecule has 0 unspecified atom stereocenters. The number of urea groups is 1. The van der Waals surface area contributed by atoms with Gasteiger partial charge in [-0.15, -0.1) is 0 Å². The van der Waals surface area contributed by atoms with Gasteiger partial charge in [0.15, 0.2) is 0 Å². The number of para-hydroxylation sites is 2. The Kier molecular flexibility index (Phi) is 7.05. The molecule has 3 aromatic carbocycles. The Hall–Kier alpha value is -4.27. The number of anilines is 1. The highest BCUT2D eigenvalue weighted by atomic mass is 19.1. The molecule has 1 heterocycles. The second-order valence-electron chi connectivity index (χ2n) is 8.02. The monoisotopic (exact) mass is 478 g/mol. The molecule has 0 saturated carbocycles. The summed E-state index contributed by atoms with van der Waals surface area (Å²) in [5.41, 5.74) is 1.92. The molecule has 1 aliphatic heterocycles. The number of amides is 3. The maximum atomic E-state index is 14.6. The standard InChI is InChI=1S/C26H24F2N4O3/c1-31(26(34)29-21-9-5-6-10-24(21)35-2)16-25(33)32-23(19-7-3-4-8-20(19)28)15-22(30-32)17-11-13-18(27)14-12-17/h3-14,23H,15-16H2,1-2H3,(H,29,34)/t23-/m1/s1. The highest BCUT2D eigenvalue weighted by molar-refractivity contribution is 6.03. The van der Waals surface area contributed by atoms with Gasteiger partial charge in [0.05, 0.1) is 24.6 Å². The van der Waals surface area contributed by atoms with Gasteiger partial charge in [-0.3, -0.25) is 4.79 Å². The van der Waals surface area contributed by atoms with E-state index in [-0.39, 0.29) is 13.0 Å². The van der Waals surface area contributed by atoms with Crippen molar-refractivity contribution in [3.63, 3.8) is 0 Å². The SMILES string of the molecule is COc1ccccc1NC(=O)N(C)CC(=O)N1N=C(c2ccc(F)cc2)C[C@@H]1c1ccccc1F. The van der Waals surface area contributed by atoms with Crippen molar-refractivity contribution in [2.45, 2.75) is 12.5 Å². The number of halogens is 2. The van der Waals surface area contributed by atoms with Crippen molar-refractivity contribution in [1.29, 1.82) is 0 Å². The second kappa shape index (κ2) is 10.3. The van der Waals surface area contributed by atoms with Crippen LogP contribution in [-0.4, -0.2) is 48.3 Å². The van der Waals surface area contributed by atoms with Gasteiger partial charge in [-0.25, -0.2) is 18.6 Å². The van der Waals surface area contributed by atoms with Crippen molar-refractivity contribution in [1.82, 2.24) is 9.91 Å². The van der Waals surface area contributed by atoms with Crippen LogP contribution in [0.4, 0.5) is 19.3 Å². The molecule has 0 saturated heterocycles. The Balaban J connectivity index is 1.55. The minimum atomic E-state index is -0.700. The smallest absolute Gasteiger partial charge is 0.322 e. The van der Waals surface area contributed by atoms with Crippen LogP contribution >= 0.6 is 0 Å². The van der Waals surface area contributed by atoms with E-state index in [4.69, 9.17) is 4.74 Å². The molecule has 1 N–H and O–H groups in total. The normalized spacial score (nSPS) is 14.9. The molecule has 0 aromatic heterocycles. The number of hydrazone groups is 1. The number of hydrogen-bond donors (Lipinski definition) is 1. The highest BCUT2D eigenvalue weighted by Crippen LogP contribution is 2.34. The Bertz CT molecular complexity index is 1260. The fourth-order valence-electron chi connectivity index (χ4n) is 3.85. The minimum absolute atomic E-state index is 0.245. The number of methoxy groups -OCH3 is 1. The summed E-state index contributed by atoms with van der Waals surface area (Å²) in [4.78, 5) is 27.2. The average Bonchev–Trinajstić information content (AvgIpc) is 3.30. The van der Waals surface area contributed by atoms with Crippen LogP contribution in [0.5, 0.6) is 5.75 Å². The lowest BCUT2D eigenvalue weighted by atomic mass is 9.98. The Labute approximate surface area is 201 Å². The van der Waals surface area contributed by atoms with Gasteiger partial charge in [0.2, 0.25) is 0 Å². The van der Waals surface area contributed by atoms with E-state index in [0.29, 0.717) is 28.3 Å². The highest BCUT2D eigenvalue weighted by Gasteiger charge is 2.35. The molecule has 0 aliphatic carbocycles. The van der Waals surface area contributed by atoms with Gasteiger partial charge >= 0.3 is 6.03 Å². The van der Waals surface area contributed by atoms with Crippen molar-refractivity contribution >= 4 is 23.3 Å². The molecule has 180 valence electrons. The van der Waals surface area contributed by atoms with Gasteiger partial charge in [-0.2, -0.15) is 5.10 Å². The quantitative estimate of drug-likeness (QED) is 0.552. The van der Waals surface area contributed by atoms with Crippen molar-refractivity contribution in [3.8, 4) is 5.75 Å². The number of benzene rings is 3. The van der Waals surface area contributed by atoms with E-state index in [9.17, 15) is 18.4 Å². The molecule has 7 nitrogen and oxygen atoms in total. The van der Waals surface area contributed by atoms with Crippen LogP contribution in [0.3, 0.4) is 0 Å². The number of carbonyl (C=O) groups excluding carboxylic acids is 2. The molecule has 0 bridgehead atoms. The van der Waals surface area contributed by atoms with Crippen LogP contribution < -0.4 is 10.1 Å².